The molecule has 0 saturated carbocycles. The zero-order valence-corrected chi connectivity index (χ0v) is 31.3. The number of carbonyl (C=O) groups is 2. The molecule has 1 heterocycles. The molecular formula is C42H52O10. The molecule has 280 valence electrons. The third-order valence-electron chi connectivity index (χ3n) is 9.17. The molecule has 0 aliphatic carbocycles. The Labute approximate surface area is 307 Å². The molecule has 0 bridgehead atoms. The lowest BCUT2D eigenvalue weighted by Crippen LogP contribution is -2.60. The number of hydrogen-bond acceptors (Lipinski definition) is 10. The van der Waals surface area contributed by atoms with E-state index in [0.29, 0.717) is 26.2 Å². The van der Waals surface area contributed by atoms with Crippen molar-refractivity contribution in [3.8, 4) is 11.5 Å². The molecule has 1 saturated heterocycles. The van der Waals surface area contributed by atoms with Crippen LogP contribution in [-0.4, -0.2) is 70.9 Å². The Morgan fingerprint density at radius 1 is 0.846 bits per heavy atom. The quantitative estimate of drug-likeness (QED) is 0.0548. The van der Waals surface area contributed by atoms with E-state index in [0.717, 1.165) is 28.2 Å². The van der Waals surface area contributed by atoms with Crippen molar-refractivity contribution >= 4 is 11.8 Å². The average Bonchev–Trinajstić information content (AvgIpc) is 3.17. The molecular weight excluding hydrogens is 664 g/mol. The lowest BCUT2D eigenvalue weighted by molar-refractivity contribution is -0.280. The number of carbonyl (C=O) groups excluding carboxylic acids is 2. The number of methoxy groups -OCH3 is 4. The van der Waals surface area contributed by atoms with E-state index in [-0.39, 0.29) is 24.7 Å². The predicted octanol–water partition coefficient (Wildman–Crippen LogP) is 7.18. The molecule has 0 spiro atoms. The zero-order valence-electron chi connectivity index (χ0n) is 31.3. The molecule has 4 rings (SSSR count). The van der Waals surface area contributed by atoms with Crippen LogP contribution in [0.25, 0.3) is 0 Å². The maximum atomic E-state index is 14.2. The minimum atomic E-state index is -1.77. The molecule has 0 aromatic heterocycles. The van der Waals surface area contributed by atoms with Crippen molar-refractivity contribution in [1.82, 2.24) is 0 Å². The number of benzene rings is 3. The van der Waals surface area contributed by atoms with Gasteiger partial charge in [0.1, 0.15) is 11.5 Å². The van der Waals surface area contributed by atoms with Crippen molar-refractivity contribution in [3.05, 3.63) is 119 Å². The van der Waals surface area contributed by atoms with Crippen LogP contribution in [0.15, 0.2) is 103 Å². The highest BCUT2D eigenvalue weighted by molar-refractivity contribution is 6.06. The van der Waals surface area contributed by atoms with Gasteiger partial charge in [-0.1, -0.05) is 80.6 Å². The van der Waals surface area contributed by atoms with Gasteiger partial charge >= 0.3 is 5.97 Å². The average molecular weight is 717 g/mol. The Morgan fingerprint density at radius 2 is 1.42 bits per heavy atom. The van der Waals surface area contributed by atoms with Crippen molar-refractivity contribution in [1.29, 1.82) is 0 Å². The first-order valence-corrected chi connectivity index (χ1v) is 17.4. The van der Waals surface area contributed by atoms with Gasteiger partial charge in [0.05, 0.1) is 66.1 Å². The van der Waals surface area contributed by atoms with Gasteiger partial charge in [0.15, 0.2) is 0 Å². The van der Waals surface area contributed by atoms with Crippen LogP contribution in [0.3, 0.4) is 0 Å². The molecule has 10 heteroatoms. The molecule has 0 radical (unpaired) electrons. The molecule has 0 N–H and O–H groups in total. The first-order chi connectivity index (χ1) is 25.0. The molecule has 4 atom stereocenters. The van der Waals surface area contributed by atoms with Crippen LogP contribution in [-0.2, 0) is 57.8 Å². The van der Waals surface area contributed by atoms with Crippen molar-refractivity contribution in [2.24, 2.45) is 5.41 Å². The third-order valence-corrected chi connectivity index (χ3v) is 9.17. The van der Waals surface area contributed by atoms with E-state index < -0.39 is 35.2 Å². The van der Waals surface area contributed by atoms with Crippen LogP contribution >= 0.6 is 0 Å². The topological polar surface area (TPSA) is 108 Å². The monoisotopic (exact) mass is 716 g/mol. The summed E-state index contributed by atoms with van der Waals surface area (Å²) in [6.45, 7) is 7.06. The number of rotatable bonds is 19. The number of Topliss-reactive ketones (excluding diaryl/α,β-unsaturated/α-hetero) is 1. The number of ether oxygens (including phenoxy) is 8. The number of hydrogen-bond donors (Lipinski definition) is 0. The second-order valence-electron chi connectivity index (χ2n) is 13.2. The highest BCUT2D eigenvalue weighted by Gasteiger charge is 2.57. The van der Waals surface area contributed by atoms with Crippen LogP contribution in [0.4, 0.5) is 0 Å². The first-order valence-electron chi connectivity index (χ1n) is 17.4. The highest BCUT2D eigenvalue weighted by atomic mass is 16.7. The van der Waals surface area contributed by atoms with Gasteiger partial charge in [0, 0.05) is 37.0 Å². The molecule has 2 unspecified atom stereocenters. The Kier molecular flexibility index (Phi) is 15.2. The lowest BCUT2D eigenvalue weighted by Gasteiger charge is -2.48. The summed E-state index contributed by atoms with van der Waals surface area (Å²) in [5, 5.41) is 0. The molecule has 3 aromatic carbocycles. The third kappa shape index (κ3) is 10.8. The molecule has 1 aliphatic rings. The Balaban J connectivity index is 1.56. The minimum Gasteiger partial charge on any atom is -0.497 e. The van der Waals surface area contributed by atoms with Gasteiger partial charge in [0.25, 0.3) is 0 Å². The SMILES string of the molecule is COC(=O)/C=C1\C[C@@H](CC(OCc2ccc(OC)cc2)C(C)OCc2ccccc2)O[C@@](OC)(C(C)(C)/C=C/COCc2ccc(OC)cc2)C1=O. The second kappa shape index (κ2) is 19.5. The van der Waals surface area contributed by atoms with Crippen molar-refractivity contribution in [2.75, 3.05) is 35.0 Å². The van der Waals surface area contributed by atoms with Crippen LogP contribution in [0, 0.1) is 5.41 Å². The number of ketones is 1. The van der Waals surface area contributed by atoms with Crippen LogP contribution in [0.1, 0.15) is 50.3 Å². The van der Waals surface area contributed by atoms with E-state index in [2.05, 4.69) is 0 Å². The van der Waals surface area contributed by atoms with E-state index in [1.54, 1.807) is 14.2 Å². The summed E-state index contributed by atoms with van der Waals surface area (Å²) < 4.78 is 46.9. The van der Waals surface area contributed by atoms with Crippen LogP contribution in [0.2, 0.25) is 0 Å². The first kappa shape index (κ1) is 40.5. The van der Waals surface area contributed by atoms with Gasteiger partial charge in [-0.3, -0.25) is 4.79 Å². The Hall–Kier alpha value is -4.32. The summed E-state index contributed by atoms with van der Waals surface area (Å²) in [4.78, 5) is 26.7. The fraction of sp³-hybridized carbons (Fsp3) is 0.429. The summed E-state index contributed by atoms with van der Waals surface area (Å²) in [6.07, 6.45) is 4.01. The van der Waals surface area contributed by atoms with Crippen LogP contribution < -0.4 is 9.47 Å². The summed E-state index contributed by atoms with van der Waals surface area (Å²) >= 11 is 0. The van der Waals surface area contributed by atoms with Crippen LogP contribution in [0.5, 0.6) is 11.5 Å². The molecule has 0 amide bonds. The lowest BCUT2D eigenvalue weighted by atomic mass is 9.75. The standard InChI is InChI=1S/C42H52O10/c1-30(50-28-31-12-9-8-10-13-31)38(51-29-33-16-20-36(46-5)21-17-33)26-37-24-34(25-39(43)47-6)40(44)42(48-7,52-37)41(2,3)22-11-23-49-27-32-14-18-35(45-4)19-15-32/h8-22,25,30,37-38H,23-24,26-29H2,1-7H3/b22-11+,34-25+/t30?,37-,38?,42+/m0/s1. The minimum absolute atomic E-state index is 0.150. The number of esters is 1. The van der Waals surface area contributed by atoms with Crippen molar-refractivity contribution < 1.29 is 47.5 Å². The van der Waals surface area contributed by atoms with E-state index in [1.807, 2.05) is 112 Å². The van der Waals surface area contributed by atoms with Gasteiger partial charge in [-0.2, -0.15) is 0 Å². The van der Waals surface area contributed by atoms with E-state index >= 15 is 0 Å². The summed E-state index contributed by atoms with van der Waals surface area (Å²) in [5.74, 6) is -1.33. The Bertz CT molecular complexity index is 1610. The summed E-state index contributed by atoms with van der Waals surface area (Å²) in [5.41, 5.74) is 2.24. The fourth-order valence-corrected chi connectivity index (χ4v) is 6.09. The van der Waals surface area contributed by atoms with Crippen molar-refractivity contribution in [3.63, 3.8) is 0 Å². The highest BCUT2D eigenvalue weighted by Crippen LogP contribution is 2.45. The van der Waals surface area contributed by atoms with E-state index in [1.165, 1.54) is 20.3 Å². The van der Waals surface area contributed by atoms with Gasteiger partial charge in [0.2, 0.25) is 11.6 Å². The predicted molar refractivity (Wildman–Crippen MR) is 197 cm³/mol. The molecule has 1 aliphatic heterocycles. The van der Waals surface area contributed by atoms with Gasteiger partial charge < -0.3 is 37.9 Å². The molecule has 3 aromatic rings. The maximum Gasteiger partial charge on any atom is 0.330 e. The van der Waals surface area contributed by atoms with E-state index in [9.17, 15) is 9.59 Å². The smallest absolute Gasteiger partial charge is 0.330 e. The molecule has 52 heavy (non-hydrogen) atoms. The summed E-state index contributed by atoms with van der Waals surface area (Å²) in [7, 11) is 5.97. The normalized spacial score (nSPS) is 19.8. The zero-order chi connectivity index (χ0) is 37.6. The van der Waals surface area contributed by atoms with Gasteiger partial charge in [-0.05, 0) is 47.9 Å². The summed E-state index contributed by atoms with van der Waals surface area (Å²) in [6, 6.07) is 25.2. The second-order valence-corrected chi connectivity index (χ2v) is 13.2. The van der Waals surface area contributed by atoms with Gasteiger partial charge in [-0.15, -0.1) is 0 Å². The largest absolute Gasteiger partial charge is 0.497 e. The van der Waals surface area contributed by atoms with Gasteiger partial charge in [-0.25, -0.2) is 4.79 Å². The molecule has 1 fully saturated rings. The molecule has 10 nitrogen and oxygen atoms in total. The van der Waals surface area contributed by atoms with E-state index in [4.69, 9.17) is 37.9 Å². The Morgan fingerprint density at radius 3 is 2.00 bits per heavy atom. The maximum absolute atomic E-state index is 14.2. The fourth-order valence-electron chi connectivity index (χ4n) is 6.09. The van der Waals surface area contributed by atoms with Crippen molar-refractivity contribution in [2.45, 2.75) is 77.5 Å².